The van der Waals surface area contributed by atoms with Gasteiger partial charge in [-0.2, -0.15) is 11.8 Å². The lowest BCUT2D eigenvalue weighted by atomic mass is 10.0. The standard InChI is InChI=1S/C13H21FN2S/c1-9(2)7-17-8-13(16-15)12-5-4-11(14)6-10(12)3/h4-6,9,13,16H,7-8,15H2,1-3H3. The second kappa shape index (κ2) is 6.99. The van der Waals surface area contributed by atoms with Crippen molar-refractivity contribution in [1.29, 1.82) is 0 Å². The van der Waals surface area contributed by atoms with Crippen LogP contribution in [0, 0.1) is 18.7 Å². The van der Waals surface area contributed by atoms with Crippen LogP contribution in [0.4, 0.5) is 4.39 Å². The summed E-state index contributed by atoms with van der Waals surface area (Å²) in [5.74, 6) is 8.06. The van der Waals surface area contributed by atoms with E-state index in [0.717, 1.165) is 22.6 Å². The van der Waals surface area contributed by atoms with E-state index in [2.05, 4.69) is 19.3 Å². The molecule has 96 valence electrons. The van der Waals surface area contributed by atoms with E-state index in [1.54, 1.807) is 6.07 Å². The van der Waals surface area contributed by atoms with Crippen LogP contribution < -0.4 is 11.3 Å². The van der Waals surface area contributed by atoms with Crippen molar-refractivity contribution in [3.63, 3.8) is 0 Å². The summed E-state index contributed by atoms with van der Waals surface area (Å²) in [5, 5.41) is 0. The predicted molar refractivity (Wildman–Crippen MR) is 73.4 cm³/mol. The molecule has 3 N–H and O–H groups in total. The highest BCUT2D eigenvalue weighted by atomic mass is 32.2. The van der Waals surface area contributed by atoms with Crippen LogP contribution in [-0.2, 0) is 0 Å². The van der Waals surface area contributed by atoms with Gasteiger partial charge in [0.05, 0.1) is 6.04 Å². The first kappa shape index (κ1) is 14.5. The van der Waals surface area contributed by atoms with Crippen molar-refractivity contribution in [3.05, 3.63) is 35.1 Å². The lowest BCUT2D eigenvalue weighted by molar-refractivity contribution is 0.596. The molecule has 0 spiro atoms. The van der Waals surface area contributed by atoms with Crippen molar-refractivity contribution in [3.8, 4) is 0 Å². The Labute approximate surface area is 107 Å². The number of rotatable bonds is 6. The van der Waals surface area contributed by atoms with Gasteiger partial charge in [0.2, 0.25) is 0 Å². The summed E-state index contributed by atoms with van der Waals surface area (Å²) in [4.78, 5) is 0. The van der Waals surface area contributed by atoms with Gasteiger partial charge < -0.3 is 0 Å². The van der Waals surface area contributed by atoms with Crippen LogP contribution in [0.3, 0.4) is 0 Å². The molecular weight excluding hydrogens is 235 g/mol. The minimum absolute atomic E-state index is 0.0827. The summed E-state index contributed by atoms with van der Waals surface area (Å²) < 4.78 is 13.0. The third-order valence-corrected chi connectivity index (χ3v) is 4.02. The van der Waals surface area contributed by atoms with Gasteiger partial charge in [0.1, 0.15) is 5.82 Å². The number of hydrogen-bond donors (Lipinski definition) is 2. The van der Waals surface area contributed by atoms with E-state index in [9.17, 15) is 4.39 Å². The zero-order chi connectivity index (χ0) is 12.8. The van der Waals surface area contributed by atoms with E-state index in [4.69, 9.17) is 5.84 Å². The van der Waals surface area contributed by atoms with Gasteiger partial charge >= 0.3 is 0 Å². The summed E-state index contributed by atoms with van der Waals surface area (Å²) in [6.07, 6.45) is 0. The molecule has 1 unspecified atom stereocenters. The second-order valence-electron chi connectivity index (χ2n) is 4.65. The molecule has 2 nitrogen and oxygen atoms in total. The second-order valence-corrected chi connectivity index (χ2v) is 5.73. The Balaban J connectivity index is 2.66. The summed E-state index contributed by atoms with van der Waals surface area (Å²) >= 11 is 1.87. The maximum atomic E-state index is 13.0. The van der Waals surface area contributed by atoms with E-state index in [-0.39, 0.29) is 11.9 Å². The van der Waals surface area contributed by atoms with Crippen LogP contribution in [0.15, 0.2) is 18.2 Å². The lowest BCUT2D eigenvalue weighted by Gasteiger charge is -2.18. The number of benzene rings is 1. The van der Waals surface area contributed by atoms with Crippen molar-refractivity contribution in [1.82, 2.24) is 5.43 Å². The Hall–Kier alpha value is -0.580. The largest absolute Gasteiger partial charge is 0.271 e. The number of thioether (sulfide) groups is 1. The average molecular weight is 256 g/mol. The Morgan fingerprint density at radius 3 is 2.59 bits per heavy atom. The van der Waals surface area contributed by atoms with Gasteiger partial charge in [-0.1, -0.05) is 19.9 Å². The molecule has 17 heavy (non-hydrogen) atoms. The maximum absolute atomic E-state index is 13.0. The summed E-state index contributed by atoms with van der Waals surface area (Å²) in [6.45, 7) is 6.30. The molecule has 1 aromatic carbocycles. The monoisotopic (exact) mass is 256 g/mol. The Kier molecular flexibility index (Phi) is 5.95. The summed E-state index contributed by atoms with van der Waals surface area (Å²) in [5.41, 5.74) is 4.83. The quantitative estimate of drug-likeness (QED) is 0.607. The molecule has 0 radical (unpaired) electrons. The number of nitrogens with two attached hydrogens (primary N) is 1. The Morgan fingerprint density at radius 2 is 2.06 bits per heavy atom. The molecule has 0 aliphatic carbocycles. The van der Waals surface area contributed by atoms with E-state index >= 15 is 0 Å². The summed E-state index contributed by atoms with van der Waals surface area (Å²) in [7, 11) is 0. The first-order valence-corrected chi connectivity index (χ1v) is 7.00. The molecule has 4 heteroatoms. The van der Waals surface area contributed by atoms with E-state index < -0.39 is 0 Å². The Bertz CT molecular complexity index is 355. The highest BCUT2D eigenvalue weighted by Crippen LogP contribution is 2.22. The highest BCUT2D eigenvalue weighted by molar-refractivity contribution is 7.99. The smallest absolute Gasteiger partial charge is 0.123 e. The van der Waals surface area contributed by atoms with Gasteiger partial charge in [-0.15, -0.1) is 0 Å². The first-order chi connectivity index (χ1) is 8.04. The molecule has 1 rings (SSSR count). The fourth-order valence-electron chi connectivity index (χ4n) is 1.68. The average Bonchev–Trinajstić information content (AvgIpc) is 2.25. The van der Waals surface area contributed by atoms with Crippen molar-refractivity contribution < 1.29 is 4.39 Å². The third-order valence-electron chi connectivity index (χ3n) is 2.54. The zero-order valence-corrected chi connectivity index (χ0v) is 11.5. The molecular formula is C13H21FN2S. The van der Waals surface area contributed by atoms with Crippen LogP contribution in [0.1, 0.15) is 31.0 Å². The summed E-state index contributed by atoms with van der Waals surface area (Å²) in [6, 6.07) is 4.93. The molecule has 0 aromatic heterocycles. The van der Waals surface area contributed by atoms with Gasteiger partial charge in [-0.3, -0.25) is 11.3 Å². The molecule has 0 amide bonds. The van der Waals surface area contributed by atoms with Gasteiger partial charge in [0.25, 0.3) is 0 Å². The number of halogens is 1. The minimum atomic E-state index is -0.197. The maximum Gasteiger partial charge on any atom is 0.123 e. The Morgan fingerprint density at radius 1 is 1.35 bits per heavy atom. The normalized spacial score (nSPS) is 13.1. The van der Waals surface area contributed by atoms with Crippen LogP contribution in [-0.4, -0.2) is 11.5 Å². The molecule has 0 bridgehead atoms. The minimum Gasteiger partial charge on any atom is -0.271 e. The van der Waals surface area contributed by atoms with Gasteiger partial charge in [0.15, 0.2) is 0 Å². The van der Waals surface area contributed by atoms with Crippen LogP contribution in [0.25, 0.3) is 0 Å². The van der Waals surface area contributed by atoms with E-state index in [1.807, 2.05) is 24.8 Å². The van der Waals surface area contributed by atoms with Crippen LogP contribution >= 0.6 is 11.8 Å². The van der Waals surface area contributed by atoms with Gasteiger partial charge in [-0.05, 0) is 41.9 Å². The van der Waals surface area contributed by atoms with E-state index in [1.165, 1.54) is 6.07 Å². The molecule has 1 aromatic rings. The fraction of sp³-hybridized carbons (Fsp3) is 0.538. The molecule has 1 atom stereocenters. The van der Waals surface area contributed by atoms with Crippen LogP contribution in [0.5, 0.6) is 0 Å². The number of aryl methyl sites for hydroxylation is 1. The SMILES string of the molecule is Cc1cc(F)ccc1C(CSCC(C)C)NN. The predicted octanol–water partition coefficient (Wildman–Crippen LogP) is 3.03. The van der Waals surface area contributed by atoms with Crippen molar-refractivity contribution >= 4 is 11.8 Å². The first-order valence-electron chi connectivity index (χ1n) is 5.84. The lowest BCUT2D eigenvalue weighted by Crippen LogP contribution is -2.30. The molecule has 0 saturated carbocycles. The molecule has 0 heterocycles. The number of hydrogen-bond acceptors (Lipinski definition) is 3. The van der Waals surface area contributed by atoms with Crippen molar-refractivity contribution in [2.24, 2.45) is 11.8 Å². The number of nitrogens with one attached hydrogen (secondary N) is 1. The fourth-order valence-corrected chi connectivity index (χ4v) is 2.80. The van der Waals surface area contributed by atoms with Crippen LogP contribution in [0.2, 0.25) is 0 Å². The van der Waals surface area contributed by atoms with Gasteiger partial charge in [-0.25, -0.2) is 4.39 Å². The highest BCUT2D eigenvalue weighted by Gasteiger charge is 2.12. The molecule has 0 aliphatic heterocycles. The molecule has 0 fully saturated rings. The topological polar surface area (TPSA) is 38.0 Å². The van der Waals surface area contributed by atoms with Crippen molar-refractivity contribution in [2.75, 3.05) is 11.5 Å². The number of hydrazine groups is 1. The molecule has 0 aliphatic rings. The van der Waals surface area contributed by atoms with E-state index in [0.29, 0.717) is 5.92 Å². The molecule has 0 saturated heterocycles. The third kappa shape index (κ3) is 4.66. The zero-order valence-electron chi connectivity index (χ0n) is 10.7. The van der Waals surface area contributed by atoms with Gasteiger partial charge in [0, 0.05) is 5.75 Å². The van der Waals surface area contributed by atoms with Crippen molar-refractivity contribution in [2.45, 2.75) is 26.8 Å².